The van der Waals surface area contributed by atoms with E-state index in [0.717, 1.165) is 19.6 Å². The monoisotopic (exact) mass is 214 g/mol. The molecule has 0 atom stereocenters. The number of rotatable bonds is 3. The normalized spacial score (nSPS) is 16.4. The number of methoxy groups -OCH3 is 1. The van der Waals surface area contributed by atoms with Gasteiger partial charge in [-0.3, -0.25) is 4.79 Å². The lowest BCUT2D eigenvalue weighted by Gasteiger charge is -2.20. The van der Waals surface area contributed by atoms with Crippen molar-refractivity contribution in [2.24, 2.45) is 0 Å². The molecule has 0 saturated carbocycles. The third kappa shape index (κ3) is 3.51. The second-order valence-corrected chi connectivity index (χ2v) is 3.77. The second-order valence-electron chi connectivity index (χ2n) is 3.77. The van der Waals surface area contributed by atoms with Crippen LogP contribution in [0.15, 0.2) is 0 Å². The van der Waals surface area contributed by atoms with Crippen molar-refractivity contribution >= 4 is 11.9 Å². The summed E-state index contributed by atoms with van der Waals surface area (Å²) in [4.78, 5) is 25.9. The molecular weight excluding hydrogens is 196 g/mol. The number of likely N-dealkylation sites (N-methyl/N-ethyl adjacent to an activating group) is 1. The number of carbonyl (C=O) groups is 2. The minimum atomic E-state index is -0.793. The van der Waals surface area contributed by atoms with Gasteiger partial charge in [-0.1, -0.05) is 0 Å². The molecular formula is C10H18N2O3. The van der Waals surface area contributed by atoms with Gasteiger partial charge in [0.05, 0.1) is 7.11 Å². The maximum atomic E-state index is 11.3. The van der Waals surface area contributed by atoms with E-state index in [0.29, 0.717) is 6.54 Å². The summed E-state index contributed by atoms with van der Waals surface area (Å²) in [6.07, 6.45) is 2.46. The Morgan fingerprint density at radius 1 is 1.33 bits per heavy atom. The summed E-state index contributed by atoms with van der Waals surface area (Å²) in [5.41, 5.74) is 0. The van der Waals surface area contributed by atoms with Gasteiger partial charge in [0, 0.05) is 20.1 Å². The van der Waals surface area contributed by atoms with Crippen molar-refractivity contribution in [3.63, 3.8) is 0 Å². The fourth-order valence-corrected chi connectivity index (χ4v) is 1.64. The first-order valence-corrected chi connectivity index (χ1v) is 5.21. The highest BCUT2D eigenvalue weighted by Crippen LogP contribution is 2.06. The molecule has 1 rings (SSSR count). The van der Waals surface area contributed by atoms with E-state index in [-0.39, 0.29) is 0 Å². The molecule has 0 spiro atoms. The summed E-state index contributed by atoms with van der Waals surface area (Å²) < 4.78 is 4.36. The van der Waals surface area contributed by atoms with Crippen LogP contribution in [0.2, 0.25) is 0 Å². The van der Waals surface area contributed by atoms with Crippen molar-refractivity contribution in [1.82, 2.24) is 9.80 Å². The summed E-state index contributed by atoms with van der Waals surface area (Å²) in [5.74, 6) is -1.37. The van der Waals surface area contributed by atoms with Gasteiger partial charge in [-0.05, 0) is 25.9 Å². The van der Waals surface area contributed by atoms with E-state index < -0.39 is 11.9 Å². The van der Waals surface area contributed by atoms with E-state index in [1.165, 1.54) is 24.9 Å². The number of carbonyl (C=O) groups excluding carboxylic acids is 2. The van der Waals surface area contributed by atoms with E-state index >= 15 is 0 Å². The predicted octanol–water partition coefficient (Wildman–Crippen LogP) is -0.286. The van der Waals surface area contributed by atoms with E-state index in [4.69, 9.17) is 0 Å². The highest BCUT2D eigenvalue weighted by molar-refractivity contribution is 6.32. The fraction of sp³-hybridized carbons (Fsp3) is 0.800. The highest BCUT2D eigenvalue weighted by Gasteiger charge is 2.20. The molecule has 15 heavy (non-hydrogen) atoms. The molecule has 0 aromatic carbocycles. The van der Waals surface area contributed by atoms with Crippen LogP contribution in [0, 0.1) is 0 Å². The first kappa shape index (κ1) is 12.0. The molecule has 0 N–H and O–H groups in total. The van der Waals surface area contributed by atoms with E-state index in [1.54, 1.807) is 7.05 Å². The molecule has 0 aliphatic carbocycles. The second kappa shape index (κ2) is 5.70. The van der Waals surface area contributed by atoms with Gasteiger partial charge in [-0.15, -0.1) is 0 Å². The number of likely N-dealkylation sites (tertiary alicyclic amines) is 1. The van der Waals surface area contributed by atoms with Gasteiger partial charge in [-0.25, -0.2) is 4.79 Å². The maximum Gasteiger partial charge on any atom is 0.396 e. The Kier molecular flexibility index (Phi) is 4.55. The molecule has 5 nitrogen and oxygen atoms in total. The molecule has 1 aliphatic heterocycles. The molecule has 1 fully saturated rings. The van der Waals surface area contributed by atoms with Crippen LogP contribution in [-0.4, -0.2) is 62.0 Å². The zero-order chi connectivity index (χ0) is 11.3. The molecule has 1 saturated heterocycles. The average molecular weight is 214 g/mol. The zero-order valence-electron chi connectivity index (χ0n) is 9.36. The Balaban J connectivity index is 2.25. The van der Waals surface area contributed by atoms with Crippen molar-refractivity contribution < 1.29 is 14.3 Å². The standard InChI is InChI=1S/C10H18N2O3/c1-11(9(13)10(14)15-2)7-8-12-5-3-4-6-12/h3-8H2,1-2H3. The summed E-state index contributed by atoms with van der Waals surface area (Å²) in [6, 6.07) is 0. The number of esters is 1. The molecule has 0 aromatic heterocycles. The van der Waals surface area contributed by atoms with Crippen LogP contribution in [0.4, 0.5) is 0 Å². The maximum absolute atomic E-state index is 11.3. The Morgan fingerprint density at radius 3 is 2.47 bits per heavy atom. The first-order chi connectivity index (χ1) is 7.15. The Bertz CT molecular complexity index is 237. The number of ether oxygens (including phenoxy) is 1. The molecule has 86 valence electrons. The smallest absolute Gasteiger partial charge is 0.396 e. The van der Waals surface area contributed by atoms with Gasteiger partial charge in [0.25, 0.3) is 0 Å². The number of nitrogens with zero attached hydrogens (tertiary/aromatic N) is 2. The van der Waals surface area contributed by atoms with Gasteiger partial charge in [0.1, 0.15) is 0 Å². The Labute approximate surface area is 90.0 Å². The van der Waals surface area contributed by atoms with Crippen molar-refractivity contribution in [2.75, 3.05) is 40.3 Å². The minimum absolute atomic E-state index is 0.573. The van der Waals surface area contributed by atoms with Gasteiger partial charge in [0.15, 0.2) is 0 Å². The van der Waals surface area contributed by atoms with E-state index in [1.807, 2.05) is 0 Å². The summed E-state index contributed by atoms with van der Waals surface area (Å²) in [5, 5.41) is 0. The molecule has 0 aromatic rings. The SMILES string of the molecule is COC(=O)C(=O)N(C)CCN1CCCC1. The lowest BCUT2D eigenvalue weighted by Crippen LogP contribution is -2.39. The van der Waals surface area contributed by atoms with Crippen LogP contribution >= 0.6 is 0 Å². The summed E-state index contributed by atoms with van der Waals surface area (Å²) in [7, 11) is 2.84. The topological polar surface area (TPSA) is 49.9 Å². The number of hydrogen-bond donors (Lipinski definition) is 0. The molecule has 0 bridgehead atoms. The Morgan fingerprint density at radius 2 is 1.93 bits per heavy atom. The first-order valence-electron chi connectivity index (χ1n) is 5.21. The van der Waals surface area contributed by atoms with E-state index in [2.05, 4.69) is 9.64 Å². The molecule has 1 amide bonds. The third-order valence-electron chi connectivity index (χ3n) is 2.66. The number of hydrogen-bond acceptors (Lipinski definition) is 4. The summed E-state index contributed by atoms with van der Waals surface area (Å²) >= 11 is 0. The van der Waals surface area contributed by atoms with Crippen molar-refractivity contribution in [1.29, 1.82) is 0 Å². The fourth-order valence-electron chi connectivity index (χ4n) is 1.64. The van der Waals surface area contributed by atoms with Crippen molar-refractivity contribution in [3.8, 4) is 0 Å². The van der Waals surface area contributed by atoms with Crippen LogP contribution in [0.25, 0.3) is 0 Å². The van der Waals surface area contributed by atoms with Gasteiger partial charge >= 0.3 is 11.9 Å². The lowest BCUT2D eigenvalue weighted by atomic mass is 10.4. The lowest BCUT2D eigenvalue weighted by molar-refractivity contribution is -0.157. The summed E-state index contributed by atoms with van der Waals surface area (Å²) in [6.45, 7) is 3.60. The number of amides is 1. The largest absolute Gasteiger partial charge is 0.462 e. The minimum Gasteiger partial charge on any atom is -0.462 e. The quantitative estimate of drug-likeness (QED) is 0.478. The highest BCUT2D eigenvalue weighted by atomic mass is 16.5. The molecule has 5 heteroatoms. The van der Waals surface area contributed by atoms with Crippen LogP contribution in [0.3, 0.4) is 0 Å². The predicted molar refractivity (Wildman–Crippen MR) is 55.3 cm³/mol. The van der Waals surface area contributed by atoms with Crippen molar-refractivity contribution in [2.45, 2.75) is 12.8 Å². The van der Waals surface area contributed by atoms with Gasteiger partial charge in [0.2, 0.25) is 0 Å². The molecule has 0 unspecified atom stereocenters. The van der Waals surface area contributed by atoms with Crippen LogP contribution in [0.1, 0.15) is 12.8 Å². The van der Waals surface area contributed by atoms with E-state index in [9.17, 15) is 9.59 Å². The van der Waals surface area contributed by atoms with Crippen molar-refractivity contribution in [3.05, 3.63) is 0 Å². The molecule has 0 radical (unpaired) electrons. The van der Waals surface area contributed by atoms with Crippen LogP contribution in [0.5, 0.6) is 0 Å². The van der Waals surface area contributed by atoms with Crippen LogP contribution < -0.4 is 0 Å². The zero-order valence-corrected chi connectivity index (χ0v) is 9.36. The molecule has 1 heterocycles. The van der Waals surface area contributed by atoms with Gasteiger partial charge in [-0.2, -0.15) is 0 Å². The van der Waals surface area contributed by atoms with Crippen LogP contribution in [-0.2, 0) is 14.3 Å². The molecule has 1 aliphatic rings. The Hall–Kier alpha value is -1.10. The average Bonchev–Trinajstić information content (AvgIpc) is 2.76. The van der Waals surface area contributed by atoms with Gasteiger partial charge < -0.3 is 14.5 Å². The third-order valence-corrected chi connectivity index (χ3v) is 2.66.